The zero-order valence-corrected chi connectivity index (χ0v) is 15.3. The number of hydrogen-bond acceptors (Lipinski definition) is 4. The SMILES string of the molecule is Cl.O=C(CN1CCCCC1C(=O)O)NCCCSc1ccccc1. The van der Waals surface area contributed by atoms with Gasteiger partial charge >= 0.3 is 5.97 Å². The predicted octanol–water partition coefficient (Wildman–Crippen LogP) is 2.65. The first-order chi connectivity index (χ1) is 11.2. The summed E-state index contributed by atoms with van der Waals surface area (Å²) < 4.78 is 0. The van der Waals surface area contributed by atoms with Crippen molar-refractivity contribution in [3.63, 3.8) is 0 Å². The molecule has 0 aliphatic carbocycles. The predicted molar refractivity (Wildman–Crippen MR) is 98.9 cm³/mol. The number of amides is 1. The summed E-state index contributed by atoms with van der Waals surface area (Å²) in [6, 6.07) is 9.67. The Kier molecular flexibility index (Phi) is 9.83. The Labute approximate surface area is 153 Å². The van der Waals surface area contributed by atoms with Crippen LogP contribution >= 0.6 is 24.2 Å². The van der Waals surface area contributed by atoms with Gasteiger partial charge in [-0.2, -0.15) is 0 Å². The van der Waals surface area contributed by atoms with Crippen LogP contribution in [0.25, 0.3) is 0 Å². The van der Waals surface area contributed by atoms with E-state index in [0.29, 0.717) is 19.5 Å². The third kappa shape index (κ3) is 7.11. The number of rotatable bonds is 8. The van der Waals surface area contributed by atoms with Gasteiger partial charge in [-0.15, -0.1) is 24.2 Å². The van der Waals surface area contributed by atoms with Gasteiger partial charge in [-0.05, 0) is 43.7 Å². The normalized spacial score (nSPS) is 17.8. The molecular formula is C17H25ClN2O3S. The summed E-state index contributed by atoms with van der Waals surface area (Å²) in [5, 5.41) is 12.1. The molecule has 1 aliphatic rings. The molecule has 0 spiro atoms. The van der Waals surface area contributed by atoms with Crippen LogP contribution in [0.15, 0.2) is 35.2 Å². The maximum absolute atomic E-state index is 12.0. The van der Waals surface area contributed by atoms with Gasteiger partial charge in [0.1, 0.15) is 6.04 Å². The molecule has 2 N–H and O–H groups in total. The maximum atomic E-state index is 12.0. The molecule has 1 aromatic rings. The fraction of sp³-hybridized carbons (Fsp3) is 0.529. The van der Waals surface area contributed by atoms with Gasteiger partial charge in [0.05, 0.1) is 6.54 Å². The third-order valence-corrected chi connectivity index (χ3v) is 5.00. The lowest BCUT2D eigenvalue weighted by molar-refractivity contribution is -0.145. The maximum Gasteiger partial charge on any atom is 0.320 e. The minimum atomic E-state index is -0.822. The summed E-state index contributed by atoms with van der Waals surface area (Å²) in [5.74, 6) is 0.0470. The van der Waals surface area contributed by atoms with Gasteiger partial charge in [0.25, 0.3) is 0 Å². The summed E-state index contributed by atoms with van der Waals surface area (Å²) in [6.07, 6.45) is 3.42. The second-order valence-corrected chi connectivity index (χ2v) is 6.85. The van der Waals surface area contributed by atoms with Crippen LogP contribution in [0.3, 0.4) is 0 Å². The van der Waals surface area contributed by atoms with Crippen molar-refractivity contribution in [2.45, 2.75) is 36.6 Å². The first-order valence-electron chi connectivity index (χ1n) is 8.08. The van der Waals surface area contributed by atoms with Crippen LogP contribution in [0.2, 0.25) is 0 Å². The number of aliphatic carboxylic acids is 1. The van der Waals surface area contributed by atoms with E-state index in [1.807, 2.05) is 18.2 Å². The first-order valence-corrected chi connectivity index (χ1v) is 9.07. The number of piperidine rings is 1. The van der Waals surface area contributed by atoms with Gasteiger partial charge in [-0.3, -0.25) is 14.5 Å². The fourth-order valence-corrected chi connectivity index (χ4v) is 3.58. The summed E-state index contributed by atoms with van der Waals surface area (Å²) in [7, 11) is 0. The molecule has 2 rings (SSSR count). The molecule has 5 nitrogen and oxygen atoms in total. The first kappa shape index (κ1) is 20.8. The largest absolute Gasteiger partial charge is 0.480 e. The lowest BCUT2D eigenvalue weighted by Gasteiger charge is -2.32. The Hall–Kier alpha value is -1.24. The van der Waals surface area contributed by atoms with Crippen molar-refractivity contribution in [1.82, 2.24) is 10.2 Å². The molecular weight excluding hydrogens is 348 g/mol. The highest BCUT2D eigenvalue weighted by molar-refractivity contribution is 7.99. The van der Waals surface area contributed by atoms with E-state index in [1.165, 1.54) is 4.90 Å². The number of carbonyl (C=O) groups is 2. The summed E-state index contributed by atoms with van der Waals surface area (Å²) >= 11 is 1.77. The number of carboxylic acids is 1. The van der Waals surface area contributed by atoms with E-state index in [9.17, 15) is 14.7 Å². The van der Waals surface area contributed by atoms with Crippen LogP contribution in [-0.4, -0.2) is 53.3 Å². The Balaban J connectivity index is 0.00000288. The molecule has 24 heavy (non-hydrogen) atoms. The van der Waals surface area contributed by atoms with Crippen molar-refractivity contribution >= 4 is 36.0 Å². The Morgan fingerprint density at radius 3 is 2.71 bits per heavy atom. The van der Waals surface area contributed by atoms with Crippen LogP contribution in [0, 0.1) is 0 Å². The van der Waals surface area contributed by atoms with Crippen molar-refractivity contribution in [3.05, 3.63) is 30.3 Å². The van der Waals surface area contributed by atoms with Gasteiger partial charge in [-0.1, -0.05) is 24.6 Å². The second kappa shape index (κ2) is 11.3. The molecule has 1 saturated heterocycles. The molecule has 1 aromatic carbocycles. The van der Waals surface area contributed by atoms with Gasteiger partial charge < -0.3 is 10.4 Å². The summed E-state index contributed by atoms with van der Waals surface area (Å²) in [5.41, 5.74) is 0. The number of thioether (sulfide) groups is 1. The molecule has 0 bridgehead atoms. The number of hydrogen-bond donors (Lipinski definition) is 2. The van der Waals surface area contributed by atoms with E-state index >= 15 is 0 Å². The molecule has 1 atom stereocenters. The molecule has 0 radical (unpaired) electrons. The van der Waals surface area contributed by atoms with E-state index < -0.39 is 12.0 Å². The topological polar surface area (TPSA) is 69.6 Å². The molecule has 7 heteroatoms. The van der Waals surface area contributed by atoms with Gasteiger partial charge in [0.15, 0.2) is 0 Å². The number of halogens is 1. The van der Waals surface area contributed by atoms with Crippen molar-refractivity contribution in [2.75, 3.05) is 25.4 Å². The van der Waals surface area contributed by atoms with Crippen molar-refractivity contribution in [1.29, 1.82) is 0 Å². The quantitative estimate of drug-likeness (QED) is 0.542. The number of nitrogens with zero attached hydrogens (tertiary/aromatic N) is 1. The summed E-state index contributed by atoms with van der Waals surface area (Å²) in [6.45, 7) is 1.50. The number of benzene rings is 1. The van der Waals surface area contributed by atoms with E-state index in [2.05, 4.69) is 17.4 Å². The van der Waals surface area contributed by atoms with E-state index in [-0.39, 0.29) is 24.9 Å². The molecule has 1 unspecified atom stereocenters. The standard InChI is InChI=1S/C17H24N2O3S.ClH/c20-16(13-19-11-5-4-9-15(19)17(21)22)18-10-6-12-23-14-7-2-1-3-8-14;/h1-3,7-8,15H,4-6,9-13H2,(H,18,20)(H,21,22);1H. The molecule has 1 fully saturated rings. The van der Waals surface area contributed by atoms with Gasteiger partial charge in [0.2, 0.25) is 5.91 Å². The van der Waals surface area contributed by atoms with E-state index in [0.717, 1.165) is 25.0 Å². The molecule has 0 saturated carbocycles. The molecule has 1 aliphatic heterocycles. The lowest BCUT2D eigenvalue weighted by atomic mass is 10.0. The van der Waals surface area contributed by atoms with E-state index in [1.54, 1.807) is 16.7 Å². The average Bonchev–Trinajstić information content (AvgIpc) is 2.56. The van der Waals surface area contributed by atoms with Gasteiger partial charge in [-0.25, -0.2) is 0 Å². The van der Waals surface area contributed by atoms with Crippen molar-refractivity contribution < 1.29 is 14.7 Å². The third-order valence-electron chi connectivity index (χ3n) is 3.90. The Morgan fingerprint density at radius 1 is 1.25 bits per heavy atom. The van der Waals surface area contributed by atoms with Crippen LogP contribution in [0.1, 0.15) is 25.7 Å². The minimum absolute atomic E-state index is 0. The minimum Gasteiger partial charge on any atom is -0.480 e. The smallest absolute Gasteiger partial charge is 0.320 e. The summed E-state index contributed by atoms with van der Waals surface area (Å²) in [4.78, 5) is 26.2. The second-order valence-electron chi connectivity index (χ2n) is 5.69. The average molecular weight is 373 g/mol. The fourth-order valence-electron chi connectivity index (χ4n) is 2.71. The zero-order chi connectivity index (χ0) is 16.5. The van der Waals surface area contributed by atoms with Crippen LogP contribution in [0.4, 0.5) is 0 Å². The van der Waals surface area contributed by atoms with Crippen LogP contribution in [-0.2, 0) is 9.59 Å². The monoisotopic (exact) mass is 372 g/mol. The highest BCUT2D eigenvalue weighted by Crippen LogP contribution is 2.18. The molecule has 0 aromatic heterocycles. The van der Waals surface area contributed by atoms with Crippen LogP contribution in [0.5, 0.6) is 0 Å². The zero-order valence-electron chi connectivity index (χ0n) is 13.6. The molecule has 134 valence electrons. The highest BCUT2D eigenvalue weighted by atomic mass is 35.5. The van der Waals surface area contributed by atoms with E-state index in [4.69, 9.17) is 0 Å². The molecule has 1 amide bonds. The number of carboxylic acid groups (broad SMARTS) is 1. The van der Waals surface area contributed by atoms with Crippen molar-refractivity contribution in [2.24, 2.45) is 0 Å². The molecule has 1 heterocycles. The Morgan fingerprint density at radius 2 is 2.00 bits per heavy atom. The number of likely N-dealkylation sites (tertiary alicyclic amines) is 1. The van der Waals surface area contributed by atoms with Gasteiger partial charge in [0, 0.05) is 11.4 Å². The highest BCUT2D eigenvalue weighted by Gasteiger charge is 2.29. The number of carbonyl (C=O) groups excluding carboxylic acids is 1. The Bertz CT molecular complexity index is 516. The number of nitrogens with one attached hydrogen (secondary N) is 1. The van der Waals surface area contributed by atoms with Crippen LogP contribution < -0.4 is 5.32 Å². The lowest BCUT2D eigenvalue weighted by Crippen LogP contribution is -2.49. The van der Waals surface area contributed by atoms with Crippen molar-refractivity contribution in [3.8, 4) is 0 Å².